The summed E-state index contributed by atoms with van der Waals surface area (Å²) in [6.07, 6.45) is 15.2. The lowest BCUT2D eigenvalue weighted by Crippen LogP contribution is -2.44. The normalized spacial score (nSPS) is 49.3. The van der Waals surface area contributed by atoms with Crippen LogP contribution < -0.4 is 0 Å². The Morgan fingerprint density at radius 1 is 0.500 bits per heavy atom. The van der Waals surface area contributed by atoms with Gasteiger partial charge in [0.2, 0.25) is 0 Å². The molecule has 0 aromatic carbocycles. The molecular weight excluding hydrogens is 144 g/mol. The van der Waals surface area contributed by atoms with Crippen LogP contribution in [0.1, 0.15) is 25.7 Å². The number of fused-ring (bicyclic) bond motifs is 2. The SMILES string of the molecule is C1=CCC2C3CC=CCC2C3C1. The second kappa shape index (κ2) is 2.48. The molecule has 0 saturated heterocycles. The maximum atomic E-state index is 2.42. The van der Waals surface area contributed by atoms with Crippen LogP contribution in [0.4, 0.5) is 0 Å². The van der Waals surface area contributed by atoms with Crippen LogP contribution in [-0.2, 0) is 0 Å². The molecule has 1 saturated carbocycles. The molecule has 0 spiro atoms. The molecule has 4 aliphatic rings. The molecule has 0 unspecified atom stereocenters. The first-order valence-corrected chi connectivity index (χ1v) is 5.27. The lowest BCUT2D eigenvalue weighted by molar-refractivity contribution is -0.00543. The number of allylic oxidation sites excluding steroid dienone is 4. The van der Waals surface area contributed by atoms with Gasteiger partial charge in [-0.1, -0.05) is 24.3 Å². The van der Waals surface area contributed by atoms with Gasteiger partial charge < -0.3 is 0 Å². The molecule has 0 aromatic rings. The Balaban J connectivity index is 1.89. The minimum absolute atomic E-state index is 1.05. The van der Waals surface area contributed by atoms with E-state index >= 15 is 0 Å². The van der Waals surface area contributed by atoms with Crippen LogP contribution in [0.5, 0.6) is 0 Å². The second-order valence-corrected chi connectivity index (χ2v) is 4.54. The van der Waals surface area contributed by atoms with Crippen LogP contribution in [0.2, 0.25) is 0 Å². The average Bonchev–Trinajstić information content (AvgIpc) is 2.54. The molecule has 0 atom stereocenters. The van der Waals surface area contributed by atoms with E-state index in [9.17, 15) is 0 Å². The van der Waals surface area contributed by atoms with Crippen LogP contribution >= 0.6 is 0 Å². The summed E-state index contributed by atoms with van der Waals surface area (Å²) in [5.41, 5.74) is 0. The maximum Gasteiger partial charge on any atom is -0.0311 e. The molecule has 4 bridgehead atoms. The van der Waals surface area contributed by atoms with Gasteiger partial charge in [0.25, 0.3) is 0 Å². The molecule has 0 nitrogen and oxygen atoms in total. The zero-order valence-electron chi connectivity index (χ0n) is 7.45. The monoisotopic (exact) mass is 160 g/mol. The first-order valence-electron chi connectivity index (χ1n) is 5.27. The van der Waals surface area contributed by atoms with Crippen LogP contribution in [-0.4, -0.2) is 0 Å². The number of hydrogen-bond acceptors (Lipinski definition) is 0. The summed E-state index contributed by atoms with van der Waals surface area (Å²) in [6, 6.07) is 0. The predicted molar refractivity (Wildman–Crippen MR) is 50.7 cm³/mol. The maximum absolute atomic E-state index is 2.42. The Morgan fingerprint density at radius 2 is 0.750 bits per heavy atom. The highest BCUT2D eigenvalue weighted by molar-refractivity contribution is 5.12. The van der Waals surface area contributed by atoms with E-state index in [1.165, 1.54) is 25.7 Å². The molecule has 1 fully saturated rings. The van der Waals surface area contributed by atoms with Gasteiger partial charge in [-0.15, -0.1) is 0 Å². The van der Waals surface area contributed by atoms with Gasteiger partial charge >= 0.3 is 0 Å². The standard InChI is InChI=1S/C12H16/c1-2-6-10-11-7-3-4-8-12(10)9(11)5-1/h1-4,9-12H,5-8H2. The smallest absolute Gasteiger partial charge is 0.0311 e. The lowest BCUT2D eigenvalue weighted by atomic mass is 9.55. The van der Waals surface area contributed by atoms with Crippen molar-refractivity contribution in [3.05, 3.63) is 24.3 Å². The van der Waals surface area contributed by atoms with Crippen molar-refractivity contribution in [1.82, 2.24) is 0 Å². The fraction of sp³-hybridized carbons (Fsp3) is 0.667. The Hall–Kier alpha value is -0.520. The first-order chi connectivity index (χ1) is 5.97. The molecule has 0 amide bonds. The number of rotatable bonds is 0. The van der Waals surface area contributed by atoms with Gasteiger partial charge in [0.05, 0.1) is 0 Å². The summed E-state index contributed by atoms with van der Waals surface area (Å²) in [6.45, 7) is 0. The fourth-order valence-electron chi connectivity index (χ4n) is 3.54. The third-order valence-corrected chi connectivity index (χ3v) is 4.17. The molecule has 64 valence electrons. The van der Waals surface area contributed by atoms with Gasteiger partial charge in [-0.05, 0) is 49.4 Å². The topological polar surface area (TPSA) is 0 Å². The molecule has 0 radical (unpaired) electrons. The van der Waals surface area contributed by atoms with Gasteiger partial charge in [-0.3, -0.25) is 0 Å². The van der Waals surface area contributed by atoms with Crippen LogP contribution in [0, 0.1) is 23.7 Å². The third-order valence-electron chi connectivity index (χ3n) is 4.17. The van der Waals surface area contributed by atoms with Crippen LogP contribution in [0.25, 0.3) is 0 Å². The lowest BCUT2D eigenvalue weighted by Gasteiger charge is -2.50. The van der Waals surface area contributed by atoms with Crippen LogP contribution in [0.3, 0.4) is 0 Å². The predicted octanol–water partition coefficient (Wildman–Crippen LogP) is 3.16. The summed E-state index contributed by atoms with van der Waals surface area (Å²) in [5, 5.41) is 0. The van der Waals surface area contributed by atoms with E-state index in [2.05, 4.69) is 24.3 Å². The molecule has 12 heavy (non-hydrogen) atoms. The van der Waals surface area contributed by atoms with Gasteiger partial charge in [0.1, 0.15) is 0 Å². The highest BCUT2D eigenvalue weighted by Crippen LogP contribution is 2.56. The summed E-state index contributed by atoms with van der Waals surface area (Å²) >= 11 is 0. The fourth-order valence-corrected chi connectivity index (χ4v) is 3.54. The molecule has 0 heteroatoms. The Labute approximate surface area is 74.4 Å². The van der Waals surface area contributed by atoms with E-state index in [4.69, 9.17) is 0 Å². The summed E-state index contributed by atoms with van der Waals surface area (Å²) in [4.78, 5) is 0. The van der Waals surface area contributed by atoms with E-state index in [1.54, 1.807) is 0 Å². The quantitative estimate of drug-likeness (QED) is 0.477. The summed E-state index contributed by atoms with van der Waals surface area (Å²) in [7, 11) is 0. The van der Waals surface area contributed by atoms with Gasteiger partial charge in [-0.25, -0.2) is 0 Å². The highest BCUT2D eigenvalue weighted by Gasteiger charge is 2.48. The van der Waals surface area contributed by atoms with Gasteiger partial charge in [-0.2, -0.15) is 0 Å². The van der Waals surface area contributed by atoms with Crippen molar-refractivity contribution in [2.45, 2.75) is 25.7 Å². The van der Waals surface area contributed by atoms with Crippen molar-refractivity contribution >= 4 is 0 Å². The van der Waals surface area contributed by atoms with Crippen molar-refractivity contribution in [3.8, 4) is 0 Å². The summed E-state index contributed by atoms with van der Waals surface area (Å²) < 4.78 is 0. The zero-order chi connectivity index (χ0) is 7.97. The molecule has 0 aliphatic heterocycles. The minimum atomic E-state index is 1.05. The minimum Gasteiger partial charge on any atom is -0.0882 e. The Morgan fingerprint density at radius 3 is 1.00 bits per heavy atom. The molecule has 4 aliphatic carbocycles. The molecule has 0 heterocycles. The third kappa shape index (κ3) is 0.784. The van der Waals surface area contributed by atoms with Crippen molar-refractivity contribution < 1.29 is 0 Å². The Bertz CT molecular complexity index is 178. The van der Waals surface area contributed by atoms with Crippen molar-refractivity contribution in [1.29, 1.82) is 0 Å². The van der Waals surface area contributed by atoms with Crippen molar-refractivity contribution in [2.24, 2.45) is 23.7 Å². The second-order valence-electron chi connectivity index (χ2n) is 4.54. The molecule has 4 rings (SSSR count). The average molecular weight is 160 g/mol. The molecule has 0 aromatic heterocycles. The highest BCUT2D eigenvalue weighted by atomic mass is 14.5. The van der Waals surface area contributed by atoms with Crippen molar-refractivity contribution in [3.63, 3.8) is 0 Å². The van der Waals surface area contributed by atoms with E-state index in [1.807, 2.05) is 0 Å². The van der Waals surface area contributed by atoms with Gasteiger partial charge in [0.15, 0.2) is 0 Å². The zero-order valence-corrected chi connectivity index (χ0v) is 7.45. The van der Waals surface area contributed by atoms with Gasteiger partial charge in [0, 0.05) is 0 Å². The van der Waals surface area contributed by atoms with E-state index < -0.39 is 0 Å². The van der Waals surface area contributed by atoms with E-state index in [0.29, 0.717) is 0 Å². The van der Waals surface area contributed by atoms with Crippen molar-refractivity contribution in [2.75, 3.05) is 0 Å². The largest absolute Gasteiger partial charge is 0.0882 e. The van der Waals surface area contributed by atoms with E-state index in [0.717, 1.165) is 23.7 Å². The Kier molecular flexibility index (Phi) is 1.44. The number of hydrogen-bond donors (Lipinski definition) is 0. The summed E-state index contributed by atoms with van der Waals surface area (Å²) in [5.74, 6) is 4.18. The molecule has 0 N–H and O–H groups in total. The molecular formula is C12H16. The van der Waals surface area contributed by atoms with E-state index in [-0.39, 0.29) is 0 Å². The van der Waals surface area contributed by atoms with Crippen LogP contribution in [0.15, 0.2) is 24.3 Å². The first kappa shape index (κ1) is 6.94.